The summed E-state index contributed by atoms with van der Waals surface area (Å²) in [5, 5.41) is 4.26. The van der Waals surface area contributed by atoms with Gasteiger partial charge < -0.3 is 0 Å². The molecule has 0 fully saturated rings. The van der Waals surface area contributed by atoms with Gasteiger partial charge in [-0.05, 0) is 25.8 Å². The van der Waals surface area contributed by atoms with Gasteiger partial charge in [-0.25, -0.2) is 8.91 Å². The molecule has 0 spiro atoms. The molecule has 86 valence electrons. The van der Waals surface area contributed by atoms with Crippen LogP contribution >= 0.6 is 0 Å². The van der Waals surface area contributed by atoms with E-state index in [-0.39, 0.29) is 0 Å². The number of hydrogen-bond donors (Lipinski definition) is 0. The summed E-state index contributed by atoms with van der Waals surface area (Å²) >= 11 is 0. The van der Waals surface area contributed by atoms with Gasteiger partial charge in [0.25, 0.3) is 0 Å². The van der Waals surface area contributed by atoms with E-state index in [1.54, 1.807) is 24.6 Å². The molecule has 0 saturated carbocycles. The standard InChI is InChI=1S/C13H17FN2/c1-9(2)11-7-15-16-8-10(13(3,4)14)5-6-12(11)16/h5-9H,1-4H3. The Morgan fingerprint density at radius 3 is 2.56 bits per heavy atom. The fourth-order valence-corrected chi connectivity index (χ4v) is 1.80. The molecule has 0 aromatic carbocycles. The number of aromatic nitrogens is 2. The topological polar surface area (TPSA) is 17.3 Å². The maximum absolute atomic E-state index is 13.8. The molecule has 2 nitrogen and oxygen atoms in total. The molecule has 0 bridgehead atoms. The largest absolute Gasteiger partial charge is 0.240 e. The summed E-state index contributed by atoms with van der Waals surface area (Å²) in [4.78, 5) is 0. The van der Waals surface area contributed by atoms with E-state index in [1.807, 2.05) is 18.3 Å². The molecular formula is C13H17FN2. The van der Waals surface area contributed by atoms with E-state index < -0.39 is 5.67 Å². The van der Waals surface area contributed by atoms with Crippen molar-refractivity contribution in [1.29, 1.82) is 0 Å². The van der Waals surface area contributed by atoms with E-state index in [4.69, 9.17) is 0 Å². The summed E-state index contributed by atoms with van der Waals surface area (Å²) in [6.07, 6.45) is 3.62. The molecule has 0 saturated heterocycles. The van der Waals surface area contributed by atoms with Crippen LogP contribution in [0.1, 0.15) is 44.7 Å². The normalized spacial score (nSPS) is 12.6. The Bertz CT molecular complexity index is 506. The Morgan fingerprint density at radius 1 is 1.31 bits per heavy atom. The Balaban J connectivity index is 2.58. The predicted octanol–water partition coefficient (Wildman–Crippen LogP) is 3.66. The third-order valence-corrected chi connectivity index (χ3v) is 2.85. The van der Waals surface area contributed by atoms with Crippen molar-refractivity contribution in [3.05, 3.63) is 35.7 Å². The Morgan fingerprint density at radius 2 is 2.00 bits per heavy atom. The minimum absolute atomic E-state index is 0.432. The zero-order valence-electron chi connectivity index (χ0n) is 10.2. The molecule has 0 aliphatic rings. The zero-order chi connectivity index (χ0) is 11.9. The summed E-state index contributed by atoms with van der Waals surface area (Å²) < 4.78 is 15.5. The van der Waals surface area contributed by atoms with Crippen LogP contribution in [0.5, 0.6) is 0 Å². The molecule has 0 unspecified atom stereocenters. The summed E-state index contributed by atoms with van der Waals surface area (Å²) in [7, 11) is 0. The summed E-state index contributed by atoms with van der Waals surface area (Å²) in [5.41, 5.74) is 1.59. The van der Waals surface area contributed by atoms with E-state index in [0.717, 1.165) is 5.52 Å². The van der Waals surface area contributed by atoms with E-state index in [2.05, 4.69) is 18.9 Å². The van der Waals surface area contributed by atoms with Crippen LogP contribution in [0.15, 0.2) is 24.5 Å². The number of halogens is 1. The Kier molecular flexibility index (Phi) is 2.49. The first-order valence-electron chi connectivity index (χ1n) is 5.56. The van der Waals surface area contributed by atoms with Crippen molar-refractivity contribution in [2.75, 3.05) is 0 Å². The second-order valence-electron chi connectivity index (χ2n) is 4.97. The van der Waals surface area contributed by atoms with Crippen molar-refractivity contribution in [3.8, 4) is 0 Å². The highest BCUT2D eigenvalue weighted by atomic mass is 19.1. The van der Waals surface area contributed by atoms with Crippen LogP contribution in [0.3, 0.4) is 0 Å². The second kappa shape index (κ2) is 3.58. The molecule has 16 heavy (non-hydrogen) atoms. The van der Waals surface area contributed by atoms with Crippen molar-refractivity contribution >= 4 is 5.52 Å². The third-order valence-electron chi connectivity index (χ3n) is 2.85. The van der Waals surface area contributed by atoms with Gasteiger partial charge in [0, 0.05) is 17.3 Å². The van der Waals surface area contributed by atoms with Gasteiger partial charge in [-0.3, -0.25) is 0 Å². The summed E-state index contributed by atoms with van der Waals surface area (Å²) in [5.74, 6) is 0.432. The average Bonchev–Trinajstić information content (AvgIpc) is 2.58. The van der Waals surface area contributed by atoms with Crippen LogP contribution in [-0.2, 0) is 5.67 Å². The molecular weight excluding hydrogens is 203 g/mol. The van der Waals surface area contributed by atoms with Crippen molar-refractivity contribution in [2.24, 2.45) is 0 Å². The lowest BCUT2D eigenvalue weighted by molar-refractivity contribution is 0.220. The smallest absolute Gasteiger partial charge is 0.131 e. The van der Waals surface area contributed by atoms with Gasteiger partial charge in [0.2, 0.25) is 0 Å². The van der Waals surface area contributed by atoms with E-state index in [1.165, 1.54) is 5.56 Å². The molecule has 3 heteroatoms. The minimum atomic E-state index is -1.32. The number of nitrogens with zero attached hydrogens (tertiary/aromatic N) is 2. The van der Waals surface area contributed by atoms with Crippen molar-refractivity contribution in [1.82, 2.24) is 9.61 Å². The van der Waals surface area contributed by atoms with Crippen molar-refractivity contribution in [2.45, 2.75) is 39.3 Å². The van der Waals surface area contributed by atoms with Crippen molar-refractivity contribution in [3.63, 3.8) is 0 Å². The minimum Gasteiger partial charge on any atom is -0.240 e. The van der Waals surface area contributed by atoms with Gasteiger partial charge in [0.15, 0.2) is 0 Å². The number of pyridine rings is 1. The third kappa shape index (κ3) is 1.82. The number of rotatable bonds is 2. The van der Waals surface area contributed by atoms with E-state index in [0.29, 0.717) is 11.5 Å². The molecule has 2 heterocycles. The SMILES string of the molecule is CC(C)c1cnn2cc(C(C)(C)F)ccc12. The molecule has 2 aromatic rings. The monoisotopic (exact) mass is 220 g/mol. The maximum atomic E-state index is 13.8. The van der Waals surface area contributed by atoms with Crippen molar-refractivity contribution < 1.29 is 4.39 Å². The first-order chi connectivity index (χ1) is 7.39. The van der Waals surface area contributed by atoms with E-state index in [9.17, 15) is 4.39 Å². The first-order valence-corrected chi connectivity index (χ1v) is 5.56. The Labute approximate surface area is 95.1 Å². The average molecular weight is 220 g/mol. The van der Waals surface area contributed by atoms with Gasteiger partial charge in [0.1, 0.15) is 5.67 Å². The van der Waals surface area contributed by atoms with Crippen LogP contribution in [0.2, 0.25) is 0 Å². The van der Waals surface area contributed by atoms with Gasteiger partial charge in [-0.15, -0.1) is 0 Å². The lowest BCUT2D eigenvalue weighted by Gasteiger charge is -2.14. The van der Waals surface area contributed by atoms with Gasteiger partial charge in [-0.2, -0.15) is 5.10 Å². The highest BCUT2D eigenvalue weighted by molar-refractivity contribution is 5.55. The fourth-order valence-electron chi connectivity index (χ4n) is 1.80. The van der Waals surface area contributed by atoms with E-state index >= 15 is 0 Å². The van der Waals surface area contributed by atoms with Gasteiger partial charge in [0.05, 0.1) is 11.7 Å². The predicted molar refractivity (Wildman–Crippen MR) is 63.4 cm³/mol. The molecule has 0 aliphatic heterocycles. The van der Waals surface area contributed by atoms with Crippen LogP contribution in [0, 0.1) is 0 Å². The molecule has 0 amide bonds. The molecule has 2 rings (SSSR count). The molecule has 0 atom stereocenters. The van der Waals surface area contributed by atoms with Gasteiger partial charge >= 0.3 is 0 Å². The maximum Gasteiger partial charge on any atom is 0.131 e. The van der Waals surface area contributed by atoms with Crippen LogP contribution in [-0.4, -0.2) is 9.61 Å². The van der Waals surface area contributed by atoms with Crippen LogP contribution in [0.4, 0.5) is 4.39 Å². The molecule has 0 aliphatic carbocycles. The highest BCUT2D eigenvalue weighted by Crippen LogP contribution is 2.26. The fraction of sp³-hybridized carbons (Fsp3) is 0.462. The molecule has 0 radical (unpaired) electrons. The highest BCUT2D eigenvalue weighted by Gasteiger charge is 2.19. The van der Waals surface area contributed by atoms with Crippen LogP contribution in [0.25, 0.3) is 5.52 Å². The summed E-state index contributed by atoms with van der Waals surface area (Å²) in [6.45, 7) is 7.37. The molecule has 2 aromatic heterocycles. The Hall–Kier alpha value is -1.38. The number of fused-ring (bicyclic) bond motifs is 1. The number of hydrogen-bond acceptors (Lipinski definition) is 1. The summed E-state index contributed by atoms with van der Waals surface area (Å²) in [6, 6.07) is 3.78. The quantitative estimate of drug-likeness (QED) is 0.755. The zero-order valence-corrected chi connectivity index (χ0v) is 10.2. The lowest BCUT2D eigenvalue weighted by atomic mass is 10.0. The van der Waals surface area contributed by atoms with Crippen LogP contribution < -0.4 is 0 Å². The number of alkyl halides is 1. The molecule has 0 N–H and O–H groups in total. The second-order valence-corrected chi connectivity index (χ2v) is 4.97. The first kappa shape index (κ1) is 11.1. The lowest BCUT2D eigenvalue weighted by Crippen LogP contribution is -2.10. The van der Waals surface area contributed by atoms with Gasteiger partial charge in [-0.1, -0.05) is 19.9 Å².